The summed E-state index contributed by atoms with van der Waals surface area (Å²) < 4.78 is 0. The van der Waals surface area contributed by atoms with Gasteiger partial charge in [0.15, 0.2) is 0 Å². The standard InChI is InChI=1S/C15H13NO/c1-11-3-2-4-14(9-16)15(11)13-7-5-12(10-17)6-8-13/h2-8,15,17H,1,10H2. The summed E-state index contributed by atoms with van der Waals surface area (Å²) >= 11 is 0. The van der Waals surface area contributed by atoms with Crippen LogP contribution in [-0.4, -0.2) is 5.11 Å². The van der Waals surface area contributed by atoms with Gasteiger partial charge in [-0.05, 0) is 22.8 Å². The normalized spacial score (nSPS) is 18.7. The van der Waals surface area contributed by atoms with Crippen molar-refractivity contribution in [2.75, 3.05) is 0 Å². The van der Waals surface area contributed by atoms with E-state index in [2.05, 4.69) is 12.6 Å². The Kier molecular flexibility index (Phi) is 3.22. The molecule has 1 aliphatic rings. The van der Waals surface area contributed by atoms with Gasteiger partial charge in [0.2, 0.25) is 0 Å². The lowest BCUT2D eigenvalue weighted by Crippen LogP contribution is -2.06. The first kappa shape index (κ1) is 11.4. The highest BCUT2D eigenvalue weighted by molar-refractivity contribution is 5.52. The zero-order valence-corrected chi connectivity index (χ0v) is 9.43. The van der Waals surface area contributed by atoms with Crippen LogP contribution in [0.4, 0.5) is 0 Å². The van der Waals surface area contributed by atoms with Crippen LogP contribution in [0.3, 0.4) is 0 Å². The molecule has 2 nitrogen and oxygen atoms in total. The van der Waals surface area contributed by atoms with Crippen molar-refractivity contribution in [2.45, 2.75) is 12.5 Å². The van der Waals surface area contributed by atoms with Crippen LogP contribution in [0.1, 0.15) is 17.0 Å². The molecule has 17 heavy (non-hydrogen) atoms. The minimum absolute atomic E-state index is 0.0345. The molecule has 1 atom stereocenters. The largest absolute Gasteiger partial charge is 0.392 e. The number of benzene rings is 1. The van der Waals surface area contributed by atoms with Gasteiger partial charge in [-0.15, -0.1) is 0 Å². The second-order valence-corrected chi connectivity index (χ2v) is 4.00. The van der Waals surface area contributed by atoms with Gasteiger partial charge >= 0.3 is 0 Å². The maximum Gasteiger partial charge on any atom is 0.0957 e. The highest BCUT2D eigenvalue weighted by Crippen LogP contribution is 2.34. The number of hydrogen-bond donors (Lipinski definition) is 1. The molecule has 84 valence electrons. The highest BCUT2D eigenvalue weighted by atomic mass is 16.3. The van der Waals surface area contributed by atoms with Gasteiger partial charge in [-0.3, -0.25) is 0 Å². The second-order valence-electron chi connectivity index (χ2n) is 4.00. The molecule has 2 rings (SSSR count). The van der Waals surface area contributed by atoms with Crippen molar-refractivity contribution in [3.05, 3.63) is 71.3 Å². The van der Waals surface area contributed by atoms with E-state index in [9.17, 15) is 0 Å². The molecule has 1 aliphatic carbocycles. The quantitative estimate of drug-likeness (QED) is 0.837. The molecule has 0 fully saturated rings. The van der Waals surface area contributed by atoms with E-state index >= 15 is 0 Å². The van der Waals surface area contributed by atoms with Gasteiger partial charge in [0.1, 0.15) is 0 Å². The number of nitrogens with zero attached hydrogens (tertiary/aromatic N) is 1. The minimum Gasteiger partial charge on any atom is -0.392 e. The molecule has 2 heteroatoms. The molecule has 1 aromatic carbocycles. The zero-order valence-electron chi connectivity index (χ0n) is 9.43. The van der Waals surface area contributed by atoms with E-state index in [0.29, 0.717) is 5.57 Å². The summed E-state index contributed by atoms with van der Waals surface area (Å²) in [6.07, 6.45) is 5.59. The maximum atomic E-state index is 9.11. The predicted octanol–water partition coefficient (Wildman–Crippen LogP) is 2.84. The van der Waals surface area contributed by atoms with E-state index in [1.54, 1.807) is 0 Å². The first-order chi connectivity index (χ1) is 8.26. The van der Waals surface area contributed by atoms with Crippen LogP contribution in [0.15, 0.2) is 60.2 Å². The molecule has 0 radical (unpaired) electrons. The van der Waals surface area contributed by atoms with Crippen molar-refractivity contribution in [3.63, 3.8) is 0 Å². The molecular weight excluding hydrogens is 210 g/mol. The molecular formula is C15H13NO. The number of rotatable bonds is 2. The number of allylic oxidation sites excluding steroid dienone is 5. The number of hydrogen-bond acceptors (Lipinski definition) is 2. The molecule has 0 bridgehead atoms. The molecule has 1 aromatic rings. The van der Waals surface area contributed by atoms with Gasteiger partial charge < -0.3 is 5.11 Å². The Hall–Kier alpha value is -2.11. The van der Waals surface area contributed by atoms with Crippen molar-refractivity contribution in [2.24, 2.45) is 0 Å². The van der Waals surface area contributed by atoms with Gasteiger partial charge in [-0.1, -0.05) is 43.0 Å². The first-order valence-electron chi connectivity index (χ1n) is 5.43. The van der Waals surface area contributed by atoms with Gasteiger partial charge in [-0.2, -0.15) is 5.26 Å². The number of aliphatic hydroxyl groups is 1. The lowest BCUT2D eigenvalue weighted by molar-refractivity contribution is 0.282. The van der Waals surface area contributed by atoms with E-state index in [-0.39, 0.29) is 12.5 Å². The third-order valence-corrected chi connectivity index (χ3v) is 2.89. The highest BCUT2D eigenvalue weighted by Gasteiger charge is 2.20. The number of nitriles is 1. The minimum atomic E-state index is -0.0576. The summed E-state index contributed by atoms with van der Waals surface area (Å²) in [4.78, 5) is 0. The van der Waals surface area contributed by atoms with E-state index in [0.717, 1.165) is 16.7 Å². The molecule has 1 N–H and O–H groups in total. The zero-order chi connectivity index (χ0) is 12.3. The summed E-state index contributed by atoms with van der Waals surface area (Å²) in [5.41, 5.74) is 3.52. The van der Waals surface area contributed by atoms with Crippen LogP contribution < -0.4 is 0 Å². The second kappa shape index (κ2) is 4.82. The average molecular weight is 223 g/mol. The van der Waals surface area contributed by atoms with Gasteiger partial charge in [-0.25, -0.2) is 0 Å². The molecule has 0 heterocycles. The van der Waals surface area contributed by atoms with E-state index < -0.39 is 0 Å². The van der Waals surface area contributed by atoms with Gasteiger partial charge in [0.05, 0.1) is 12.7 Å². The molecule has 0 aliphatic heterocycles. The van der Waals surface area contributed by atoms with Crippen molar-refractivity contribution in [1.29, 1.82) is 5.26 Å². The van der Waals surface area contributed by atoms with Gasteiger partial charge in [0.25, 0.3) is 0 Å². The Morgan fingerprint density at radius 2 is 2.00 bits per heavy atom. The molecule has 0 saturated heterocycles. The average Bonchev–Trinajstić information content (AvgIpc) is 2.38. The maximum absolute atomic E-state index is 9.11. The van der Waals surface area contributed by atoms with Crippen LogP contribution in [0.5, 0.6) is 0 Å². The fourth-order valence-corrected chi connectivity index (χ4v) is 1.98. The summed E-state index contributed by atoms with van der Waals surface area (Å²) in [7, 11) is 0. The first-order valence-corrected chi connectivity index (χ1v) is 5.43. The Labute approximate surface area is 101 Å². The molecule has 1 unspecified atom stereocenters. The Morgan fingerprint density at radius 1 is 1.29 bits per heavy atom. The van der Waals surface area contributed by atoms with Crippen LogP contribution in [-0.2, 0) is 6.61 Å². The fourth-order valence-electron chi connectivity index (χ4n) is 1.98. The van der Waals surface area contributed by atoms with Crippen LogP contribution in [0, 0.1) is 11.3 Å². The molecule has 0 spiro atoms. The lowest BCUT2D eigenvalue weighted by atomic mass is 9.82. The van der Waals surface area contributed by atoms with E-state index in [4.69, 9.17) is 10.4 Å². The molecule has 0 amide bonds. The predicted molar refractivity (Wildman–Crippen MR) is 67.1 cm³/mol. The third-order valence-electron chi connectivity index (χ3n) is 2.89. The summed E-state index contributed by atoms with van der Waals surface area (Å²) in [6, 6.07) is 9.83. The SMILES string of the molecule is C=C1C=CC=C(C#N)C1c1ccc(CO)cc1. The van der Waals surface area contributed by atoms with Crippen molar-refractivity contribution < 1.29 is 5.11 Å². The van der Waals surface area contributed by atoms with Crippen molar-refractivity contribution >= 4 is 0 Å². The third kappa shape index (κ3) is 2.20. The van der Waals surface area contributed by atoms with Crippen LogP contribution in [0.25, 0.3) is 0 Å². The van der Waals surface area contributed by atoms with Gasteiger partial charge in [0, 0.05) is 11.5 Å². The Balaban J connectivity index is 2.38. The number of aliphatic hydroxyl groups excluding tert-OH is 1. The lowest BCUT2D eigenvalue weighted by Gasteiger charge is -2.19. The molecule has 0 aromatic heterocycles. The van der Waals surface area contributed by atoms with Crippen molar-refractivity contribution in [3.8, 4) is 6.07 Å². The van der Waals surface area contributed by atoms with E-state index in [1.165, 1.54) is 0 Å². The monoisotopic (exact) mass is 223 g/mol. The summed E-state index contributed by atoms with van der Waals surface area (Å²) in [5.74, 6) is -0.0576. The summed E-state index contributed by atoms with van der Waals surface area (Å²) in [5, 5.41) is 18.1. The Bertz CT molecular complexity index is 529. The topological polar surface area (TPSA) is 44.0 Å². The van der Waals surface area contributed by atoms with Crippen molar-refractivity contribution in [1.82, 2.24) is 0 Å². The Morgan fingerprint density at radius 3 is 2.59 bits per heavy atom. The fraction of sp³-hybridized carbons (Fsp3) is 0.133. The van der Waals surface area contributed by atoms with Crippen LogP contribution >= 0.6 is 0 Å². The van der Waals surface area contributed by atoms with Crippen LogP contribution in [0.2, 0.25) is 0 Å². The smallest absolute Gasteiger partial charge is 0.0957 e. The molecule has 0 saturated carbocycles. The van der Waals surface area contributed by atoms with E-state index in [1.807, 2.05) is 42.5 Å². The summed E-state index contributed by atoms with van der Waals surface area (Å²) in [6.45, 7) is 4.02.